The molecular formula is C22H27NO4. The van der Waals surface area contributed by atoms with E-state index in [1.807, 2.05) is 29.2 Å². The van der Waals surface area contributed by atoms with Crippen molar-refractivity contribution in [3.63, 3.8) is 0 Å². The molecule has 1 aromatic carbocycles. The molecule has 0 radical (unpaired) electrons. The van der Waals surface area contributed by atoms with Gasteiger partial charge in [-0.1, -0.05) is 31.5 Å². The van der Waals surface area contributed by atoms with Crippen molar-refractivity contribution in [2.75, 3.05) is 18.1 Å². The number of rotatable bonds is 5. The van der Waals surface area contributed by atoms with Gasteiger partial charge in [-0.25, -0.2) is 0 Å². The summed E-state index contributed by atoms with van der Waals surface area (Å²) in [4.78, 5) is 28.2. The first-order valence-electron chi connectivity index (χ1n) is 9.84. The molecule has 1 unspecified atom stereocenters. The summed E-state index contributed by atoms with van der Waals surface area (Å²) in [5.41, 5.74) is 0.754. The lowest BCUT2D eigenvalue weighted by Gasteiger charge is -2.34. The molecule has 4 rings (SSSR count). The summed E-state index contributed by atoms with van der Waals surface area (Å²) < 4.78 is 5.86. The van der Waals surface area contributed by atoms with E-state index in [-0.39, 0.29) is 18.1 Å². The third kappa shape index (κ3) is 2.44. The molecule has 0 bridgehead atoms. The number of hydrogen-bond acceptors (Lipinski definition) is 5. The van der Waals surface area contributed by atoms with Crippen LogP contribution < -0.4 is 4.90 Å². The Morgan fingerprint density at radius 1 is 1.26 bits per heavy atom. The lowest BCUT2D eigenvalue weighted by molar-refractivity contribution is -0.133. The number of unbranched alkanes of at least 4 members (excludes halogenated alkanes) is 1. The SMILES string of the molecule is CCCCC1=C(C)C(=O)[C@](C)(CN2c3ccccc3[C@]3(O)CCOC23)C1=O. The van der Waals surface area contributed by atoms with Crippen LogP contribution in [0.2, 0.25) is 0 Å². The van der Waals surface area contributed by atoms with Crippen LogP contribution in [0.1, 0.15) is 52.0 Å². The van der Waals surface area contributed by atoms with E-state index in [1.54, 1.807) is 13.8 Å². The Labute approximate surface area is 160 Å². The molecule has 3 atom stereocenters. The number of carbonyl (C=O) groups excluding carboxylic acids is 2. The summed E-state index contributed by atoms with van der Waals surface area (Å²) in [6.45, 7) is 6.28. The Kier molecular flexibility index (Phi) is 4.28. The second-order valence-electron chi connectivity index (χ2n) is 8.24. The first kappa shape index (κ1) is 18.4. The predicted octanol–water partition coefficient (Wildman–Crippen LogP) is 3.11. The molecule has 3 aliphatic rings. The van der Waals surface area contributed by atoms with Crippen molar-refractivity contribution in [1.29, 1.82) is 0 Å². The summed E-state index contributed by atoms with van der Waals surface area (Å²) in [6, 6.07) is 7.65. The van der Waals surface area contributed by atoms with Crippen LogP contribution in [0, 0.1) is 5.41 Å². The number of ketones is 2. The van der Waals surface area contributed by atoms with Gasteiger partial charge < -0.3 is 14.7 Å². The maximum Gasteiger partial charge on any atom is 0.174 e. The Bertz CT molecular complexity index is 844. The van der Waals surface area contributed by atoms with E-state index in [0.29, 0.717) is 30.6 Å². The standard InChI is InChI=1S/C22H27NO4/c1-4-5-8-15-14(2)18(24)21(3,19(15)25)13-23-17-10-7-6-9-16(17)22(26)11-12-27-20(22)23/h6-7,9-10,20,26H,4-5,8,11-13H2,1-3H3/t20?,21-,22+/m0/s1. The maximum absolute atomic E-state index is 13.2. The molecule has 144 valence electrons. The summed E-state index contributed by atoms with van der Waals surface area (Å²) >= 11 is 0. The third-order valence-corrected chi connectivity index (χ3v) is 6.47. The van der Waals surface area contributed by atoms with E-state index in [2.05, 4.69) is 6.92 Å². The van der Waals surface area contributed by atoms with E-state index in [9.17, 15) is 14.7 Å². The number of hydrogen-bond donors (Lipinski definition) is 1. The van der Waals surface area contributed by atoms with Crippen molar-refractivity contribution < 1.29 is 19.4 Å². The maximum atomic E-state index is 13.2. The normalized spacial score (nSPS) is 32.4. The molecule has 27 heavy (non-hydrogen) atoms. The Morgan fingerprint density at radius 3 is 2.74 bits per heavy atom. The van der Waals surface area contributed by atoms with Crippen LogP contribution in [0.25, 0.3) is 0 Å². The lowest BCUT2D eigenvalue weighted by Crippen LogP contribution is -2.50. The number of para-hydroxylation sites is 1. The number of carbonyl (C=O) groups is 2. The van der Waals surface area contributed by atoms with Gasteiger partial charge in [0, 0.05) is 29.8 Å². The summed E-state index contributed by atoms with van der Waals surface area (Å²) in [7, 11) is 0. The minimum absolute atomic E-state index is 0.0654. The highest BCUT2D eigenvalue weighted by molar-refractivity contribution is 6.27. The molecule has 0 spiro atoms. The number of nitrogens with zero attached hydrogens (tertiary/aromatic N) is 1. The van der Waals surface area contributed by atoms with Gasteiger partial charge in [0.2, 0.25) is 0 Å². The quantitative estimate of drug-likeness (QED) is 0.808. The largest absolute Gasteiger partial charge is 0.380 e. The molecule has 2 heterocycles. The smallest absolute Gasteiger partial charge is 0.174 e. The van der Waals surface area contributed by atoms with Crippen LogP contribution in [0.3, 0.4) is 0 Å². The molecule has 1 N–H and O–H groups in total. The van der Waals surface area contributed by atoms with Crippen LogP contribution in [0.4, 0.5) is 5.69 Å². The fourth-order valence-corrected chi connectivity index (χ4v) is 4.88. The zero-order valence-corrected chi connectivity index (χ0v) is 16.2. The topological polar surface area (TPSA) is 66.8 Å². The number of benzene rings is 1. The molecule has 1 aromatic rings. The van der Waals surface area contributed by atoms with Crippen LogP contribution in [-0.4, -0.2) is 36.1 Å². The van der Waals surface area contributed by atoms with Gasteiger partial charge in [-0.05, 0) is 38.3 Å². The van der Waals surface area contributed by atoms with Crippen molar-refractivity contribution in [3.05, 3.63) is 41.0 Å². The van der Waals surface area contributed by atoms with Gasteiger partial charge in [0.15, 0.2) is 17.8 Å². The van der Waals surface area contributed by atoms with E-state index in [4.69, 9.17) is 4.74 Å². The first-order valence-corrected chi connectivity index (χ1v) is 9.84. The molecule has 0 saturated carbocycles. The van der Waals surface area contributed by atoms with Gasteiger partial charge in [0.1, 0.15) is 11.0 Å². The van der Waals surface area contributed by atoms with Crippen molar-refractivity contribution in [3.8, 4) is 0 Å². The molecule has 1 saturated heterocycles. The highest BCUT2D eigenvalue weighted by atomic mass is 16.5. The minimum Gasteiger partial charge on any atom is -0.380 e. The average Bonchev–Trinajstić information content (AvgIpc) is 3.20. The molecule has 0 amide bonds. The Balaban J connectivity index is 1.68. The lowest BCUT2D eigenvalue weighted by atomic mass is 9.82. The van der Waals surface area contributed by atoms with Gasteiger partial charge in [0.05, 0.1) is 6.61 Å². The van der Waals surface area contributed by atoms with E-state index in [0.717, 1.165) is 24.1 Å². The van der Waals surface area contributed by atoms with Crippen molar-refractivity contribution in [1.82, 2.24) is 0 Å². The van der Waals surface area contributed by atoms with Crippen molar-refractivity contribution in [2.45, 2.75) is 58.3 Å². The number of ether oxygens (including phenoxy) is 1. The fourth-order valence-electron chi connectivity index (χ4n) is 4.88. The van der Waals surface area contributed by atoms with Crippen LogP contribution >= 0.6 is 0 Å². The van der Waals surface area contributed by atoms with Crippen molar-refractivity contribution in [2.24, 2.45) is 5.41 Å². The fraction of sp³-hybridized carbons (Fsp3) is 0.545. The highest BCUT2D eigenvalue weighted by Gasteiger charge is 2.58. The van der Waals surface area contributed by atoms with Crippen LogP contribution in [-0.2, 0) is 19.9 Å². The van der Waals surface area contributed by atoms with E-state index < -0.39 is 17.2 Å². The monoisotopic (exact) mass is 369 g/mol. The van der Waals surface area contributed by atoms with Crippen LogP contribution in [0.5, 0.6) is 0 Å². The van der Waals surface area contributed by atoms with Crippen molar-refractivity contribution >= 4 is 17.3 Å². The number of Topliss-reactive ketones (excluding diaryl/α,β-unsaturated/α-hetero) is 2. The summed E-state index contributed by atoms with van der Waals surface area (Å²) in [5.74, 6) is -0.158. The Morgan fingerprint density at radius 2 is 2.00 bits per heavy atom. The zero-order chi connectivity index (χ0) is 19.4. The summed E-state index contributed by atoms with van der Waals surface area (Å²) in [6.07, 6.45) is 2.51. The van der Waals surface area contributed by atoms with Gasteiger partial charge in [0.25, 0.3) is 0 Å². The van der Waals surface area contributed by atoms with Gasteiger partial charge in [-0.3, -0.25) is 9.59 Å². The van der Waals surface area contributed by atoms with Gasteiger partial charge in [-0.15, -0.1) is 0 Å². The second-order valence-corrected chi connectivity index (χ2v) is 8.24. The van der Waals surface area contributed by atoms with E-state index in [1.165, 1.54) is 0 Å². The zero-order valence-electron chi connectivity index (χ0n) is 16.2. The molecular weight excluding hydrogens is 342 g/mol. The number of anilines is 1. The summed E-state index contributed by atoms with van der Waals surface area (Å²) in [5, 5.41) is 11.2. The highest BCUT2D eigenvalue weighted by Crippen LogP contribution is 2.51. The average molecular weight is 369 g/mol. The number of fused-ring (bicyclic) bond motifs is 3. The molecule has 5 heteroatoms. The first-order chi connectivity index (χ1) is 12.8. The number of aliphatic hydroxyl groups is 1. The number of allylic oxidation sites excluding steroid dienone is 2. The van der Waals surface area contributed by atoms with Crippen LogP contribution in [0.15, 0.2) is 35.4 Å². The van der Waals surface area contributed by atoms with E-state index >= 15 is 0 Å². The molecule has 1 aliphatic carbocycles. The molecule has 1 fully saturated rings. The van der Waals surface area contributed by atoms with Gasteiger partial charge in [-0.2, -0.15) is 0 Å². The molecule has 0 aromatic heterocycles. The minimum atomic E-state index is -1.13. The Hall–Kier alpha value is -1.98. The second kappa shape index (κ2) is 6.28. The third-order valence-electron chi connectivity index (χ3n) is 6.47. The van der Waals surface area contributed by atoms with Gasteiger partial charge >= 0.3 is 0 Å². The molecule has 2 aliphatic heterocycles. The predicted molar refractivity (Wildman–Crippen MR) is 102 cm³/mol. The molecule has 5 nitrogen and oxygen atoms in total.